The van der Waals surface area contributed by atoms with Gasteiger partial charge in [0.25, 0.3) is 0 Å². The standard InChI is InChI=1S/C8H13NO4/c1-9-8(11)13-7-3-5-4(10)2-6(7)12-5/h4-7,10H,2-3H2,1H3,(H,9,11). The summed E-state index contributed by atoms with van der Waals surface area (Å²) >= 11 is 0. The largest absolute Gasteiger partial charge is 0.443 e. The highest BCUT2D eigenvalue weighted by atomic mass is 16.6. The summed E-state index contributed by atoms with van der Waals surface area (Å²) in [5.74, 6) is 0. The van der Waals surface area contributed by atoms with Gasteiger partial charge in [0.15, 0.2) is 0 Å². The molecule has 1 amide bonds. The average Bonchev–Trinajstić information content (AvgIpc) is 2.63. The van der Waals surface area contributed by atoms with E-state index in [0.29, 0.717) is 12.8 Å². The molecule has 0 aromatic heterocycles. The minimum absolute atomic E-state index is 0.114. The number of nitrogens with one attached hydrogen (secondary N) is 1. The Morgan fingerprint density at radius 2 is 2.31 bits per heavy atom. The van der Waals surface area contributed by atoms with E-state index in [4.69, 9.17) is 9.47 Å². The maximum Gasteiger partial charge on any atom is 0.407 e. The zero-order valence-corrected chi connectivity index (χ0v) is 7.40. The number of rotatable bonds is 1. The van der Waals surface area contributed by atoms with Gasteiger partial charge in [-0.15, -0.1) is 0 Å². The Bertz CT molecular complexity index is 218. The number of ether oxygens (including phenoxy) is 2. The molecule has 2 N–H and O–H groups in total. The molecule has 2 aliphatic heterocycles. The Morgan fingerprint density at radius 1 is 1.54 bits per heavy atom. The van der Waals surface area contributed by atoms with Crippen molar-refractivity contribution >= 4 is 6.09 Å². The zero-order chi connectivity index (χ0) is 9.42. The molecule has 2 rings (SSSR count). The van der Waals surface area contributed by atoms with Crippen molar-refractivity contribution in [3.8, 4) is 0 Å². The first kappa shape index (κ1) is 8.77. The Kier molecular flexibility index (Phi) is 2.13. The normalized spacial score (nSPS) is 42.0. The summed E-state index contributed by atoms with van der Waals surface area (Å²) in [6, 6.07) is 0. The second-order valence-electron chi connectivity index (χ2n) is 3.45. The van der Waals surface area contributed by atoms with Crippen LogP contribution in [0.1, 0.15) is 12.8 Å². The van der Waals surface area contributed by atoms with Crippen LogP contribution in [0, 0.1) is 0 Å². The van der Waals surface area contributed by atoms with E-state index in [1.807, 2.05) is 0 Å². The zero-order valence-electron chi connectivity index (χ0n) is 7.40. The summed E-state index contributed by atoms with van der Waals surface area (Å²) in [7, 11) is 1.52. The minimum Gasteiger partial charge on any atom is -0.443 e. The molecule has 0 saturated carbocycles. The Labute approximate surface area is 76.0 Å². The van der Waals surface area contributed by atoms with Crippen LogP contribution in [0.5, 0.6) is 0 Å². The molecule has 13 heavy (non-hydrogen) atoms. The smallest absolute Gasteiger partial charge is 0.407 e. The number of amides is 1. The Hall–Kier alpha value is -0.810. The highest BCUT2D eigenvalue weighted by Gasteiger charge is 2.48. The van der Waals surface area contributed by atoms with Gasteiger partial charge in [-0.25, -0.2) is 4.79 Å². The Morgan fingerprint density at radius 3 is 2.77 bits per heavy atom. The molecule has 2 heterocycles. The van der Waals surface area contributed by atoms with Crippen molar-refractivity contribution in [1.82, 2.24) is 5.32 Å². The van der Waals surface area contributed by atoms with E-state index in [1.165, 1.54) is 7.05 Å². The third-order valence-electron chi connectivity index (χ3n) is 2.59. The number of hydrogen-bond donors (Lipinski definition) is 2. The summed E-state index contributed by atoms with van der Waals surface area (Å²) in [5.41, 5.74) is 0. The summed E-state index contributed by atoms with van der Waals surface area (Å²) in [4.78, 5) is 10.9. The van der Waals surface area contributed by atoms with Crippen LogP contribution in [-0.2, 0) is 9.47 Å². The van der Waals surface area contributed by atoms with Crippen molar-refractivity contribution in [2.45, 2.75) is 37.3 Å². The van der Waals surface area contributed by atoms with Crippen molar-refractivity contribution in [1.29, 1.82) is 0 Å². The van der Waals surface area contributed by atoms with Crippen LogP contribution in [-0.4, -0.2) is 42.7 Å². The molecule has 4 unspecified atom stereocenters. The fourth-order valence-corrected chi connectivity index (χ4v) is 1.91. The van der Waals surface area contributed by atoms with Crippen LogP contribution in [0.25, 0.3) is 0 Å². The topological polar surface area (TPSA) is 67.8 Å². The molecule has 0 radical (unpaired) electrons. The second-order valence-corrected chi connectivity index (χ2v) is 3.45. The van der Waals surface area contributed by atoms with Crippen molar-refractivity contribution in [2.24, 2.45) is 0 Å². The van der Waals surface area contributed by atoms with E-state index >= 15 is 0 Å². The predicted octanol–water partition coefficient (Wildman–Crippen LogP) is -0.367. The van der Waals surface area contributed by atoms with E-state index in [1.54, 1.807) is 0 Å². The fourth-order valence-electron chi connectivity index (χ4n) is 1.91. The van der Waals surface area contributed by atoms with Gasteiger partial charge in [0.1, 0.15) is 6.10 Å². The summed E-state index contributed by atoms with van der Waals surface area (Å²) in [5, 5.41) is 11.7. The van der Waals surface area contributed by atoms with Crippen molar-refractivity contribution < 1.29 is 19.4 Å². The quantitative estimate of drug-likeness (QED) is 0.588. The third-order valence-corrected chi connectivity index (χ3v) is 2.59. The molecule has 0 aromatic carbocycles. The van der Waals surface area contributed by atoms with Crippen LogP contribution >= 0.6 is 0 Å². The van der Waals surface area contributed by atoms with Crippen LogP contribution in [0.3, 0.4) is 0 Å². The first-order valence-corrected chi connectivity index (χ1v) is 4.42. The molecule has 2 aliphatic rings. The maximum absolute atomic E-state index is 10.9. The van der Waals surface area contributed by atoms with Gasteiger partial charge in [0.05, 0.1) is 18.3 Å². The second kappa shape index (κ2) is 3.16. The lowest BCUT2D eigenvalue weighted by molar-refractivity contribution is 0.0357. The number of carbonyl (C=O) groups is 1. The highest BCUT2D eigenvalue weighted by molar-refractivity contribution is 5.67. The first-order valence-electron chi connectivity index (χ1n) is 4.42. The van der Waals surface area contributed by atoms with E-state index in [2.05, 4.69) is 5.32 Å². The van der Waals surface area contributed by atoms with E-state index < -0.39 is 6.09 Å². The third kappa shape index (κ3) is 1.49. The van der Waals surface area contributed by atoms with E-state index in [9.17, 15) is 9.90 Å². The van der Waals surface area contributed by atoms with Crippen LogP contribution in [0.2, 0.25) is 0 Å². The van der Waals surface area contributed by atoms with E-state index in [-0.39, 0.29) is 24.4 Å². The molecular weight excluding hydrogens is 174 g/mol. The number of aliphatic hydroxyl groups excluding tert-OH is 1. The molecule has 4 atom stereocenters. The fraction of sp³-hybridized carbons (Fsp3) is 0.875. The maximum atomic E-state index is 10.9. The van der Waals surface area contributed by atoms with Crippen molar-refractivity contribution in [3.63, 3.8) is 0 Å². The Balaban J connectivity index is 1.88. The minimum atomic E-state index is -0.435. The lowest BCUT2D eigenvalue weighted by atomic mass is 9.95. The van der Waals surface area contributed by atoms with Crippen LogP contribution < -0.4 is 5.32 Å². The van der Waals surface area contributed by atoms with Crippen molar-refractivity contribution in [3.05, 3.63) is 0 Å². The molecule has 5 nitrogen and oxygen atoms in total. The van der Waals surface area contributed by atoms with Gasteiger partial charge in [-0.2, -0.15) is 0 Å². The van der Waals surface area contributed by atoms with Gasteiger partial charge >= 0.3 is 6.09 Å². The lowest BCUT2D eigenvalue weighted by Gasteiger charge is -2.21. The van der Waals surface area contributed by atoms with E-state index in [0.717, 1.165) is 0 Å². The number of aliphatic hydroxyl groups is 1. The molecule has 74 valence electrons. The average molecular weight is 187 g/mol. The summed E-state index contributed by atoms with van der Waals surface area (Å²) < 4.78 is 10.4. The molecule has 2 bridgehead atoms. The molecule has 0 aliphatic carbocycles. The predicted molar refractivity (Wildman–Crippen MR) is 43.2 cm³/mol. The number of alkyl carbamates (subject to hydrolysis) is 1. The van der Waals surface area contributed by atoms with Gasteiger partial charge in [-0.3, -0.25) is 0 Å². The monoisotopic (exact) mass is 187 g/mol. The summed E-state index contributed by atoms with van der Waals surface area (Å²) in [6.45, 7) is 0. The number of hydrogen-bond acceptors (Lipinski definition) is 4. The first-order chi connectivity index (χ1) is 6.20. The van der Waals surface area contributed by atoms with Gasteiger partial charge in [-0.1, -0.05) is 0 Å². The van der Waals surface area contributed by atoms with Gasteiger partial charge < -0.3 is 19.9 Å². The van der Waals surface area contributed by atoms with Crippen LogP contribution in [0.15, 0.2) is 0 Å². The van der Waals surface area contributed by atoms with Crippen molar-refractivity contribution in [2.75, 3.05) is 7.05 Å². The highest BCUT2D eigenvalue weighted by Crippen LogP contribution is 2.36. The molecule has 2 fully saturated rings. The van der Waals surface area contributed by atoms with Crippen LogP contribution in [0.4, 0.5) is 4.79 Å². The van der Waals surface area contributed by atoms with Gasteiger partial charge in [0, 0.05) is 19.9 Å². The molecular formula is C8H13NO4. The SMILES string of the molecule is CNC(=O)OC1CC2OC1CC2O. The molecule has 2 saturated heterocycles. The number of carbonyl (C=O) groups excluding carboxylic acids is 1. The van der Waals surface area contributed by atoms with Gasteiger partial charge in [0.2, 0.25) is 0 Å². The molecule has 0 spiro atoms. The molecule has 5 heteroatoms. The number of fused-ring (bicyclic) bond motifs is 2. The lowest BCUT2D eigenvalue weighted by Crippen LogP contribution is -2.36. The molecule has 0 aromatic rings. The van der Waals surface area contributed by atoms with Gasteiger partial charge in [-0.05, 0) is 0 Å². The summed E-state index contributed by atoms with van der Waals surface area (Å²) in [6.07, 6.45) is -0.0681.